The lowest BCUT2D eigenvalue weighted by Gasteiger charge is -2.43. The van der Waals surface area contributed by atoms with Gasteiger partial charge in [0, 0.05) is 66.4 Å². The Kier molecular flexibility index (Phi) is 4.27. The molecule has 1 saturated heterocycles. The second-order valence-corrected chi connectivity index (χ2v) is 7.84. The molecule has 6 heteroatoms. The number of likely N-dealkylation sites (tertiary alicyclic amines) is 1. The summed E-state index contributed by atoms with van der Waals surface area (Å²) in [5, 5.41) is 0. The molecular weight excluding hydrogens is 369 g/mol. The number of nitrogens with zero attached hydrogens (tertiary/aromatic N) is 3. The number of piperidine rings is 1. The van der Waals surface area contributed by atoms with Crippen LogP contribution in [-0.4, -0.2) is 33.4 Å². The molecule has 146 valence electrons. The maximum absolute atomic E-state index is 13.2. The van der Waals surface area contributed by atoms with Crippen molar-refractivity contribution in [2.24, 2.45) is 5.92 Å². The molecule has 2 aromatic heterocycles. The van der Waals surface area contributed by atoms with Gasteiger partial charge in [-0.05, 0) is 48.7 Å². The summed E-state index contributed by atoms with van der Waals surface area (Å²) in [4.78, 5) is 31.6. The number of amides is 1. The Morgan fingerprint density at radius 2 is 1.86 bits per heavy atom. The normalized spacial score (nSPS) is 20.2. The van der Waals surface area contributed by atoms with Crippen LogP contribution in [0.25, 0.3) is 11.1 Å². The van der Waals surface area contributed by atoms with Crippen LogP contribution in [0.1, 0.15) is 28.4 Å². The topological polar surface area (TPSA) is 55.2 Å². The van der Waals surface area contributed by atoms with Crippen LogP contribution in [0, 0.1) is 11.7 Å². The Bertz CT molecular complexity index is 1130. The van der Waals surface area contributed by atoms with E-state index in [2.05, 4.69) is 4.98 Å². The molecular formula is C23H20FN3O2. The molecule has 3 aromatic rings. The third-order valence-corrected chi connectivity index (χ3v) is 5.94. The van der Waals surface area contributed by atoms with Crippen LogP contribution in [0.5, 0.6) is 0 Å². The molecule has 0 radical (unpaired) electrons. The van der Waals surface area contributed by atoms with E-state index < -0.39 is 0 Å². The molecule has 29 heavy (non-hydrogen) atoms. The highest BCUT2D eigenvalue weighted by Crippen LogP contribution is 2.40. The van der Waals surface area contributed by atoms with E-state index in [1.807, 2.05) is 27.7 Å². The summed E-state index contributed by atoms with van der Waals surface area (Å²) in [5.74, 6) is -0.135. The molecule has 5 rings (SSSR count). The van der Waals surface area contributed by atoms with Gasteiger partial charge >= 0.3 is 0 Å². The Labute approximate surface area is 167 Å². The first kappa shape index (κ1) is 17.8. The largest absolute Gasteiger partial charge is 0.338 e. The number of carbonyl (C=O) groups is 1. The highest BCUT2D eigenvalue weighted by molar-refractivity contribution is 5.94. The van der Waals surface area contributed by atoms with E-state index in [1.54, 1.807) is 18.5 Å². The lowest BCUT2D eigenvalue weighted by Crippen LogP contribution is -2.49. The second kappa shape index (κ2) is 6.95. The smallest absolute Gasteiger partial charge is 0.253 e. The van der Waals surface area contributed by atoms with Gasteiger partial charge in [-0.15, -0.1) is 0 Å². The van der Waals surface area contributed by atoms with Gasteiger partial charge in [0.25, 0.3) is 11.5 Å². The fourth-order valence-electron chi connectivity index (χ4n) is 4.72. The molecule has 2 atom stereocenters. The molecule has 0 aliphatic carbocycles. The highest BCUT2D eigenvalue weighted by atomic mass is 19.1. The third kappa shape index (κ3) is 3.14. The summed E-state index contributed by atoms with van der Waals surface area (Å²) in [5.41, 5.74) is 3.44. The zero-order chi connectivity index (χ0) is 20.0. The van der Waals surface area contributed by atoms with Gasteiger partial charge in [-0.3, -0.25) is 14.6 Å². The summed E-state index contributed by atoms with van der Waals surface area (Å²) in [7, 11) is 0. The van der Waals surface area contributed by atoms with Crippen molar-refractivity contribution in [3.63, 3.8) is 0 Å². The highest BCUT2D eigenvalue weighted by Gasteiger charge is 2.38. The average Bonchev–Trinajstić information content (AvgIpc) is 2.75. The number of fused-ring (bicyclic) bond motifs is 4. The molecule has 0 spiro atoms. The van der Waals surface area contributed by atoms with Gasteiger partial charge in [0.2, 0.25) is 0 Å². The first-order valence-corrected chi connectivity index (χ1v) is 9.79. The number of hydrogen-bond acceptors (Lipinski definition) is 3. The molecule has 2 aliphatic heterocycles. The molecule has 4 heterocycles. The van der Waals surface area contributed by atoms with E-state index in [4.69, 9.17) is 0 Å². The summed E-state index contributed by atoms with van der Waals surface area (Å²) >= 11 is 0. The van der Waals surface area contributed by atoms with Crippen molar-refractivity contribution in [2.45, 2.75) is 18.9 Å². The van der Waals surface area contributed by atoms with Gasteiger partial charge in [0.1, 0.15) is 5.82 Å². The molecule has 2 aliphatic rings. The third-order valence-electron chi connectivity index (χ3n) is 5.94. The van der Waals surface area contributed by atoms with Gasteiger partial charge in [0.05, 0.1) is 0 Å². The van der Waals surface area contributed by atoms with Crippen molar-refractivity contribution >= 4 is 5.91 Å². The summed E-state index contributed by atoms with van der Waals surface area (Å²) < 4.78 is 15.1. The molecule has 1 aromatic carbocycles. The average molecular weight is 389 g/mol. The van der Waals surface area contributed by atoms with Crippen molar-refractivity contribution < 1.29 is 9.18 Å². The minimum absolute atomic E-state index is 0.000603. The van der Waals surface area contributed by atoms with Crippen LogP contribution in [0.15, 0.2) is 65.7 Å². The Morgan fingerprint density at radius 1 is 1.03 bits per heavy atom. The maximum atomic E-state index is 13.2. The number of benzene rings is 1. The van der Waals surface area contributed by atoms with E-state index in [-0.39, 0.29) is 29.1 Å². The van der Waals surface area contributed by atoms with Crippen molar-refractivity contribution in [1.29, 1.82) is 0 Å². The zero-order valence-corrected chi connectivity index (χ0v) is 15.8. The molecule has 1 amide bonds. The van der Waals surface area contributed by atoms with Crippen LogP contribution >= 0.6 is 0 Å². The van der Waals surface area contributed by atoms with Gasteiger partial charge < -0.3 is 9.47 Å². The predicted molar refractivity (Wildman–Crippen MR) is 107 cm³/mol. The van der Waals surface area contributed by atoms with E-state index in [0.717, 1.165) is 23.2 Å². The first-order valence-electron chi connectivity index (χ1n) is 9.79. The molecule has 1 fully saturated rings. The summed E-state index contributed by atoms with van der Waals surface area (Å²) in [6.45, 7) is 1.76. The Balaban J connectivity index is 1.53. The molecule has 0 N–H and O–H groups in total. The number of pyridine rings is 2. The SMILES string of the molecule is O=C(c1ccc(F)cc1)N1C[C@@H]2C[C@@H](C1)c1c(-c3cccnc3)ccc(=O)n1C2. The molecule has 2 bridgehead atoms. The minimum Gasteiger partial charge on any atom is -0.338 e. The molecule has 5 nitrogen and oxygen atoms in total. The van der Waals surface area contributed by atoms with Crippen LogP contribution in [0.3, 0.4) is 0 Å². The van der Waals surface area contributed by atoms with Crippen LogP contribution < -0.4 is 5.56 Å². The van der Waals surface area contributed by atoms with Crippen molar-refractivity contribution in [3.05, 3.63) is 88.4 Å². The van der Waals surface area contributed by atoms with E-state index in [1.165, 1.54) is 24.3 Å². The van der Waals surface area contributed by atoms with Crippen molar-refractivity contribution in [2.75, 3.05) is 13.1 Å². The van der Waals surface area contributed by atoms with Crippen LogP contribution in [0.4, 0.5) is 4.39 Å². The van der Waals surface area contributed by atoms with Gasteiger partial charge in [0.15, 0.2) is 0 Å². The Morgan fingerprint density at radius 3 is 2.62 bits per heavy atom. The Hall–Kier alpha value is -3.28. The van der Waals surface area contributed by atoms with Crippen molar-refractivity contribution in [1.82, 2.24) is 14.5 Å². The quantitative estimate of drug-likeness (QED) is 0.676. The van der Waals surface area contributed by atoms with Crippen LogP contribution in [-0.2, 0) is 6.54 Å². The number of rotatable bonds is 2. The summed E-state index contributed by atoms with van der Waals surface area (Å²) in [6, 6.07) is 13.0. The van der Waals surface area contributed by atoms with E-state index in [9.17, 15) is 14.0 Å². The fourth-order valence-corrected chi connectivity index (χ4v) is 4.72. The van der Waals surface area contributed by atoms with Gasteiger partial charge in [-0.1, -0.05) is 6.07 Å². The lowest BCUT2D eigenvalue weighted by atomic mass is 9.80. The number of aromatic nitrogens is 2. The van der Waals surface area contributed by atoms with Crippen LogP contribution in [0.2, 0.25) is 0 Å². The number of hydrogen-bond donors (Lipinski definition) is 0. The maximum Gasteiger partial charge on any atom is 0.253 e. The zero-order valence-electron chi connectivity index (χ0n) is 15.8. The van der Waals surface area contributed by atoms with Gasteiger partial charge in [-0.2, -0.15) is 0 Å². The standard InChI is InChI=1S/C23H20FN3O2/c24-19-5-3-16(4-6-19)23(29)26-12-15-10-18(14-26)22-20(17-2-1-9-25-11-17)7-8-21(28)27(22)13-15/h1-9,11,15,18H,10,12-14H2/t15-,18-/m0/s1. The molecule has 0 unspecified atom stereocenters. The van der Waals surface area contributed by atoms with E-state index in [0.29, 0.717) is 25.2 Å². The van der Waals surface area contributed by atoms with Crippen molar-refractivity contribution in [3.8, 4) is 11.1 Å². The predicted octanol–water partition coefficient (Wildman–Crippen LogP) is 3.31. The fraction of sp³-hybridized carbons (Fsp3) is 0.261. The van der Waals surface area contributed by atoms with E-state index >= 15 is 0 Å². The monoisotopic (exact) mass is 389 g/mol. The molecule has 0 saturated carbocycles. The summed E-state index contributed by atoms with van der Waals surface area (Å²) in [6.07, 6.45) is 4.48. The number of carbonyl (C=O) groups excluding carboxylic acids is 1. The first-order chi connectivity index (χ1) is 14.1. The lowest BCUT2D eigenvalue weighted by molar-refractivity contribution is 0.0595. The second-order valence-electron chi connectivity index (χ2n) is 7.84. The van der Waals surface area contributed by atoms with Gasteiger partial charge in [-0.25, -0.2) is 4.39 Å². The number of halogens is 1. The minimum atomic E-state index is -0.355.